The summed E-state index contributed by atoms with van der Waals surface area (Å²) in [6.45, 7) is 0. The molecule has 0 fully saturated rings. The molecule has 8 heteroatoms. The lowest BCUT2D eigenvalue weighted by Crippen LogP contribution is -2.24. The number of carboxylic acid groups (broad SMARTS) is 2. The van der Waals surface area contributed by atoms with Crippen LogP contribution >= 0.6 is 0 Å². The third-order valence-corrected chi connectivity index (χ3v) is 4.25. The minimum Gasteiger partial charge on any atom is -0.497 e. The first kappa shape index (κ1) is 18.7. The fourth-order valence-electron chi connectivity index (χ4n) is 3.06. The highest BCUT2D eigenvalue weighted by Crippen LogP contribution is 2.37. The minimum atomic E-state index is -1.56. The van der Waals surface area contributed by atoms with Crippen LogP contribution in [0.2, 0.25) is 0 Å². The number of nitrogens with two attached hydrogens (primary N) is 1. The molecule has 0 radical (unpaired) electrons. The molecule has 0 aliphatic carbocycles. The fraction of sp³-hybridized carbons (Fsp3) is 0.0500. The van der Waals surface area contributed by atoms with E-state index in [1.54, 1.807) is 48.5 Å². The lowest BCUT2D eigenvalue weighted by atomic mass is 9.89. The van der Waals surface area contributed by atoms with Crippen molar-refractivity contribution >= 4 is 17.8 Å². The molecule has 3 aromatic rings. The number of carboxylic acids is 2. The second kappa shape index (κ2) is 7.28. The van der Waals surface area contributed by atoms with Crippen molar-refractivity contribution in [2.45, 2.75) is 0 Å². The van der Waals surface area contributed by atoms with E-state index < -0.39 is 34.4 Å². The number of anilines is 1. The van der Waals surface area contributed by atoms with Gasteiger partial charge >= 0.3 is 11.9 Å². The quantitative estimate of drug-likeness (QED) is 0.533. The van der Waals surface area contributed by atoms with Gasteiger partial charge in [-0.3, -0.25) is 4.79 Å². The Kier molecular flexibility index (Phi) is 4.86. The lowest BCUT2D eigenvalue weighted by molar-refractivity contribution is 0.0695. The topological polar surface area (TPSA) is 143 Å². The van der Waals surface area contributed by atoms with Crippen LogP contribution in [0.25, 0.3) is 22.3 Å². The Bertz CT molecular complexity index is 1150. The van der Waals surface area contributed by atoms with E-state index in [1.807, 2.05) is 0 Å². The molecule has 0 saturated heterocycles. The number of methoxy groups -OCH3 is 1. The normalized spacial score (nSPS) is 10.5. The summed E-state index contributed by atoms with van der Waals surface area (Å²) in [7, 11) is 1.51. The summed E-state index contributed by atoms with van der Waals surface area (Å²) in [4.78, 5) is 38.0. The number of rotatable bonds is 5. The van der Waals surface area contributed by atoms with Crippen molar-refractivity contribution in [2.75, 3.05) is 12.8 Å². The van der Waals surface area contributed by atoms with Gasteiger partial charge in [-0.2, -0.15) is 0 Å². The van der Waals surface area contributed by atoms with Crippen molar-refractivity contribution in [3.63, 3.8) is 0 Å². The molecule has 0 spiro atoms. The van der Waals surface area contributed by atoms with Gasteiger partial charge in [-0.05, 0) is 28.8 Å². The van der Waals surface area contributed by atoms with Crippen LogP contribution in [-0.4, -0.2) is 34.2 Å². The van der Waals surface area contributed by atoms with Gasteiger partial charge in [0.1, 0.15) is 22.7 Å². The smallest absolute Gasteiger partial charge is 0.342 e. The molecular weight excluding hydrogens is 364 g/mol. The van der Waals surface area contributed by atoms with Crippen LogP contribution in [0.1, 0.15) is 20.7 Å². The maximum absolute atomic E-state index is 12.3. The van der Waals surface area contributed by atoms with Gasteiger partial charge in [-0.1, -0.05) is 36.4 Å². The number of ether oxygens (including phenoxy) is 1. The van der Waals surface area contributed by atoms with Gasteiger partial charge in [0.2, 0.25) is 0 Å². The number of benzene rings is 2. The molecule has 2 aromatic carbocycles. The second-order valence-corrected chi connectivity index (χ2v) is 5.88. The molecule has 1 aromatic heterocycles. The van der Waals surface area contributed by atoms with Gasteiger partial charge in [0.15, 0.2) is 0 Å². The van der Waals surface area contributed by atoms with Crippen LogP contribution in [0.5, 0.6) is 5.75 Å². The van der Waals surface area contributed by atoms with Crippen LogP contribution in [0.15, 0.2) is 53.3 Å². The number of carbonyl (C=O) groups is 2. The first-order chi connectivity index (χ1) is 13.3. The zero-order valence-corrected chi connectivity index (χ0v) is 14.7. The number of pyridine rings is 1. The van der Waals surface area contributed by atoms with Crippen LogP contribution in [0.4, 0.5) is 5.82 Å². The Morgan fingerprint density at radius 1 is 0.964 bits per heavy atom. The van der Waals surface area contributed by atoms with E-state index in [9.17, 15) is 24.6 Å². The fourth-order valence-corrected chi connectivity index (χ4v) is 3.06. The molecule has 28 heavy (non-hydrogen) atoms. The Hall–Kier alpha value is -4.07. The van der Waals surface area contributed by atoms with Gasteiger partial charge in [0.25, 0.3) is 5.56 Å². The third-order valence-electron chi connectivity index (χ3n) is 4.25. The zero-order valence-electron chi connectivity index (χ0n) is 14.7. The summed E-state index contributed by atoms with van der Waals surface area (Å²) in [5, 5.41) is 19.2. The summed E-state index contributed by atoms with van der Waals surface area (Å²) < 4.78 is 5.22. The Labute approximate surface area is 158 Å². The molecule has 0 saturated carbocycles. The average Bonchev–Trinajstić information content (AvgIpc) is 2.66. The predicted octanol–water partition coefficient (Wildman–Crippen LogP) is 2.70. The number of nitrogens with one attached hydrogen (secondary N) is 1. The summed E-state index contributed by atoms with van der Waals surface area (Å²) >= 11 is 0. The molecule has 142 valence electrons. The van der Waals surface area contributed by atoms with Crippen LogP contribution in [-0.2, 0) is 0 Å². The lowest BCUT2D eigenvalue weighted by Gasteiger charge is -2.16. The zero-order chi connectivity index (χ0) is 20.4. The summed E-state index contributed by atoms with van der Waals surface area (Å²) in [5.74, 6) is -2.86. The van der Waals surface area contributed by atoms with Gasteiger partial charge in [-0.25, -0.2) is 9.59 Å². The number of aromatic amines is 1. The highest BCUT2D eigenvalue weighted by atomic mass is 16.5. The molecule has 1 heterocycles. The predicted molar refractivity (Wildman–Crippen MR) is 103 cm³/mol. The van der Waals surface area contributed by atoms with Crippen molar-refractivity contribution in [1.82, 2.24) is 4.98 Å². The summed E-state index contributed by atoms with van der Waals surface area (Å²) in [6, 6.07) is 13.5. The van der Waals surface area contributed by atoms with E-state index in [0.29, 0.717) is 16.9 Å². The van der Waals surface area contributed by atoms with E-state index >= 15 is 0 Å². The maximum atomic E-state index is 12.3. The first-order valence-electron chi connectivity index (χ1n) is 8.11. The van der Waals surface area contributed by atoms with E-state index in [0.717, 1.165) is 0 Å². The monoisotopic (exact) mass is 380 g/mol. The number of H-pyrrole nitrogens is 1. The van der Waals surface area contributed by atoms with Crippen LogP contribution in [0.3, 0.4) is 0 Å². The number of hydrogen-bond donors (Lipinski definition) is 4. The number of aromatic carboxylic acids is 2. The number of nitrogen functional groups attached to an aromatic ring is 1. The molecule has 0 aliphatic heterocycles. The summed E-state index contributed by atoms with van der Waals surface area (Å²) in [5.41, 5.74) is 4.74. The molecule has 0 atom stereocenters. The Morgan fingerprint density at radius 3 is 2.21 bits per heavy atom. The van der Waals surface area contributed by atoms with Crippen molar-refractivity contribution in [3.05, 3.63) is 70.0 Å². The molecule has 3 rings (SSSR count). The van der Waals surface area contributed by atoms with Gasteiger partial charge in [0.05, 0.1) is 7.11 Å². The summed E-state index contributed by atoms with van der Waals surface area (Å²) in [6.07, 6.45) is 0. The highest BCUT2D eigenvalue weighted by molar-refractivity contribution is 6.09. The first-order valence-corrected chi connectivity index (χ1v) is 8.11. The van der Waals surface area contributed by atoms with E-state index in [1.165, 1.54) is 7.11 Å². The molecule has 5 N–H and O–H groups in total. The van der Waals surface area contributed by atoms with E-state index in [2.05, 4.69) is 4.98 Å². The van der Waals surface area contributed by atoms with Crippen molar-refractivity contribution < 1.29 is 24.5 Å². The van der Waals surface area contributed by atoms with Gasteiger partial charge in [-0.15, -0.1) is 0 Å². The molecule has 0 bridgehead atoms. The minimum absolute atomic E-state index is 0.250. The molecule has 0 unspecified atom stereocenters. The van der Waals surface area contributed by atoms with Crippen molar-refractivity contribution in [3.8, 4) is 28.0 Å². The standard InChI is InChI=1S/C20H16N2O6/c1-28-11-6-4-5-10(9-11)12-7-2-3-8-13(12)14-15(19(24)25)17(21)22-18(23)16(14)20(26)27/h2-9H,1H3,(H,24,25)(H,26,27)(H3,21,22,23). The van der Waals surface area contributed by atoms with Crippen LogP contribution < -0.4 is 16.0 Å². The number of aromatic nitrogens is 1. The maximum Gasteiger partial charge on any atom is 0.342 e. The SMILES string of the molecule is COc1cccc(-c2ccccc2-c2c(C(=O)O)c(N)[nH]c(=O)c2C(=O)O)c1. The van der Waals surface area contributed by atoms with Crippen molar-refractivity contribution in [1.29, 1.82) is 0 Å². The molecule has 0 aliphatic rings. The van der Waals surface area contributed by atoms with Crippen LogP contribution in [0, 0.1) is 0 Å². The Morgan fingerprint density at radius 2 is 1.61 bits per heavy atom. The second-order valence-electron chi connectivity index (χ2n) is 5.88. The molecule has 8 nitrogen and oxygen atoms in total. The van der Waals surface area contributed by atoms with Crippen molar-refractivity contribution in [2.24, 2.45) is 0 Å². The van der Waals surface area contributed by atoms with E-state index in [-0.39, 0.29) is 11.1 Å². The van der Waals surface area contributed by atoms with Gasteiger partial charge < -0.3 is 25.7 Å². The molecular formula is C20H16N2O6. The Balaban J connectivity index is 2.45. The molecule has 0 amide bonds. The largest absolute Gasteiger partial charge is 0.497 e. The number of hydrogen-bond acceptors (Lipinski definition) is 5. The average molecular weight is 380 g/mol. The highest BCUT2D eigenvalue weighted by Gasteiger charge is 2.28. The van der Waals surface area contributed by atoms with Gasteiger partial charge in [0, 0.05) is 5.56 Å². The van der Waals surface area contributed by atoms with E-state index in [4.69, 9.17) is 10.5 Å². The third kappa shape index (κ3) is 3.18.